The zero-order chi connectivity index (χ0) is 21.9. The van der Waals surface area contributed by atoms with Crippen molar-refractivity contribution in [3.63, 3.8) is 0 Å². The van der Waals surface area contributed by atoms with Crippen LogP contribution in [0.15, 0.2) is 0 Å². The zero-order valence-corrected chi connectivity index (χ0v) is 18.0. The van der Waals surface area contributed by atoms with Crippen molar-refractivity contribution in [1.29, 1.82) is 0 Å². The van der Waals surface area contributed by atoms with Gasteiger partial charge < -0.3 is 43.2 Å². The monoisotopic (exact) mass is 428 g/mol. The van der Waals surface area contributed by atoms with Crippen LogP contribution in [-0.2, 0) is 9.59 Å². The lowest BCUT2D eigenvalue weighted by Crippen LogP contribution is -2.67. The standard InChI is InChI=1S/C19H40N8O3/c20-10-19(26-16(28)2-1-3-17(29)30)14-23-5-4-22-11-18(21)12-24-6-8-27(15-19)9-7-25-13-18/h22-25H,1-15,20-21H2,(H,26,28)(H,29,30)/t19-/m1/s1. The van der Waals surface area contributed by atoms with Crippen molar-refractivity contribution in [3.8, 4) is 0 Å². The molecule has 10 N–H and O–H groups in total. The van der Waals surface area contributed by atoms with Crippen LogP contribution in [0.1, 0.15) is 19.3 Å². The lowest BCUT2D eigenvalue weighted by atomic mass is 9.97. The van der Waals surface area contributed by atoms with Crippen molar-refractivity contribution in [1.82, 2.24) is 31.5 Å². The van der Waals surface area contributed by atoms with Gasteiger partial charge in [0, 0.05) is 91.4 Å². The van der Waals surface area contributed by atoms with Crippen molar-refractivity contribution >= 4 is 11.9 Å². The Morgan fingerprint density at radius 1 is 0.933 bits per heavy atom. The summed E-state index contributed by atoms with van der Waals surface area (Å²) >= 11 is 0. The molecule has 30 heavy (non-hydrogen) atoms. The van der Waals surface area contributed by atoms with Crippen molar-refractivity contribution in [3.05, 3.63) is 0 Å². The van der Waals surface area contributed by atoms with Gasteiger partial charge in [-0.2, -0.15) is 0 Å². The smallest absolute Gasteiger partial charge is 0.303 e. The van der Waals surface area contributed by atoms with Gasteiger partial charge in [0.1, 0.15) is 0 Å². The molecule has 1 atom stereocenters. The van der Waals surface area contributed by atoms with Crippen LogP contribution in [0.2, 0.25) is 0 Å². The molecule has 0 aromatic carbocycles. The largest absolute Gasteiger partial charge is 0.481 e. The van der Waals surface area contributed by atoms with Crippen LogP contribution in [0.25, 0.3) is 0 Å². The molecule has 3 fully saturated rings. The van der Waals surface area contributed by atoms with Crippen LogP contribution in [0.4, 0.5) is 0 Å². The summed E-state index contributed by atoms with van der Waals surface area (Å²) < 4.78 is 0. The van der Waals surface area contributed by atoms with Gasteiger partial charge in [0.15, 0.2) is 0 Å². The number of rotatable bonds is 6. The van der Waals surface area contributed by atoms with E-state index in [-0.39, 0.29) is 24.3 Å². The van der Waals surface area contributed by atoms with Crippen LogP contribution >= 0.6 is 0 Å². The third kappa shape index (κ3) is 8.80. The number of carboxylic acids is 1. The van der Waals surface area contributed by atoms with Gasteiger partial charge in [0.25, 0.3) is 0 Å². The van der Waals surface area contributed by atoms with E-state index in [1.165, 1.54) is 0 Å². The molecule has 3 aliphatic heterocycles. The van der Waals surface area contributed by atoms with E-state index in [1.807, 2.05) is 0 Å². The minimum Gasteiger partial charge on any atom is -0.481 e. The van der Waals surface area contributed by atoms with Gasteiger partial charge in [0.05, 0.1) is 11.1 Å². The first-order valence-corrected chi connectivity index (χ1v) is 10.9. The molecule has 0 unspecified atom stereocenters. The first-order valence-electron chi connectivity index (χ1n) is 10.9. The SMILES string of the molecule is NC[C@@]1(NC(=O)CCCC(=O)O)CNCCNCC2(N)CNCCN(CCNC2)C1. The molecule has 174 valence electrons. The third-order valence-electron chi connectivity index (χ3n) is 5.70. The molecule has 0 aliphatic carbocycles. The molecule has 0 saturated carbocycles. The number of amides is 1. The van der Waals surface area contributed by atoms with Crippen LogP contribution in [-0.4, -0.2) is 111 Å². The Balaban J connectivity index is 2.08. The summed E-state index contributed by atoms with van der Waals surface area (Å²) in [6.07, 6.45) is 0.480. The number of carbonyl (C=O) groups excluding carboxylic acids is 1. The molecule has 3 heterocycles. The Kier molecular flexibility index (Phi) is 10.4. The quantitative estimate of drug-likeness (QED) is 0.212. The second-order valence-corrected chi connectivity index (χ2v) is 8.63. The Labute approximate surface area is 179 Å². The van der Waals surface area contributed by atoms with E-state index in [0.717, 1.165) is 52.4 Å². The molecular formula is C19H40N8O3. The molecule has 11 heteroatoms. The van der Waals surface area contributed by atoms with Gasteiger partial charge in [-0.1, -0.05) is 0 Å². The second kappa shape index (κ2) is 12.5. The van der Waals surface area contributed by atoms with E-state index in [2.05, 4.69) is 31.5 Å². The predicted octanol–water partition coefficient (Wildman–Crippen LogP) is -3.56. The summed E-state index contributed by atoms with van der Waals surface area (Å²) in [7, 11) is 0. The third-order valence-corrected chi connectivity index (χ3v) is 5.70. The van der Waals surface area contributed by atoms with Crippen molar-refractivity contribution < 1.29 is 14.7 Å². The molecule has 0 spiro atoms. The summed E-state index contributed by atoms with van der Waals surface area (Å²) in [5, 5.41) is 25.7. The summed E-state index contributed by atoms with van der Waals surface area (Å²) in [4.78, 5) is 25.6. The Morgan fingerprint density at radius 3 is 2.07 bits per heavy atom. The Morgan fingerprint density at radius 2 is 1.50 bits per heavy atom. The van der Waals surface area contributed by atoms with E-state index >= 15 is 0 Å². The number of hydrogen-bond acceptors (Lipinski definition) is 9. The van der Waals surface area contributed by atoms with E-state index in [0.29, 0.717) is 32.6 Å². The van der Waals surface area contributed by atoms with E-state index in [4.69, 9.17) is 16.6 Å². The van der Waals surface area contributed by atoms with E-state index < -0.39 is 11.5 Å². The van der Waals surface area contributed by atoms with Gasteiger partial charge in [0.2, 0.25) is 5.91 Å². The molecule has 11 nitrogen and oxygen atoms in total. The Hall–Kier alpha value is -1.34. The van der Waals surface area contributed by atoms with Crippen molar-refractivity contribution in [2.45, 2.75) is 30.3 Å². The highest BCUT2D eigenvalue weighted by Gasteiger charge is 2.33. The van der Waals surface area contributed by atoms with Crippen molar-refractivity contribution in [2.75, 3.05) is 78.5 Å². The molecule has 3 rings (SSSR count). The number of carboxylic acid groups (broad SMARTS) is 1. The molecule has 3 aliphatic rings. The molecule has 1 amide bonds. The maximum absolute atomic E-state index is 12.5. The minimum atomic E-state index is -0.891. The van der Waals surface area contributed by atoms with Crippen LogP contribution in [0.3, 0.4) is 0 Å². The average Bonchev–Trinajstić information content (AvgIpc) is 2.70. The zero-order valence-electron chi connectivity index (χ0n) is 18.0. The molecule has 2 bridgehead atoms. The highest BCUT2D eigenvalue weighted by molar-refractivity contribution is 5.77. The second-order valence-electron chi connectivity index (χ2n) is 8.63. The average molecular weight is 429 g/mol. The first kappa shape index (κ1) is 24.9. The number of hydrogen-bond donors (Lipinski definition) is 8. The van der Waals surface area contributed by atoms with Crippen LogP contribution < -0.4 is 38.1 Å². The fourth-order valence-corrected chi connectivity index (χ4v) is 3.96. The number of carbonyl (C=O) groups is 2. The summed E-state index contributed by atoms with van der Waals surface area (Å²) in [5.74, 6) is -1.05. The van der Waals surface area contributed by atoms with Crippen LogP contribution in [0, 0.1) is 0 Å². The van der Waals surface area contributed by atoms with Crippen LogP contribution in [0.5, 0.6) is 0 Å². The lowest BCUT2D eigenvalue weighted by molar-refractivity contribution is -0.137. The van der Waals surface area contributed by atoms with E-state index in [1.54, 1.807) is 0 Å². The number of nitrogens with one attached hydrogen (secondary N) is 5. The summed E-state index contributed by atoms with van der Waals surface area (Å²) in [5.41, 5.74) is 11.8. The highest BCUT2D eigenvalue weighted by Crippen LogP contribution is 2.09. The topological polar surface area (TPSA) is 170 Å². The molecule has 0 aromatic heterocycles. The normalized spacial score (nSPS) is 31.9. The summed E-state index contributed by atoms with van der Waals surface area (Å²) in [6, 6.07) is 0. The molecule has 3 saturated heterocycles. The van der Waals surface area contributed by atoms with Crippen molar-refractivity contribution in [2.24, 2.45) is 11.5 Å². The Bertz CT molecular complexity index is 532. The number of aliphatic carboxylic acids is 1. The van der Waals surface area contributed by atoms with Gasteiger partial charge in [-0.15, -0.1) is 0 Å². The number of nitrogens with zero attached hydrogens (tertiary/aromatic N) is 1. The van der Waals surface area contributed by atoms with Gasteiger partial charge in [-0.05, 0) is 6.42 Å². The molecular weight excluding hydrogens is 388 g/mol. The van der Waals surface area contributed by atoms with Gasteiger partial charge >= 0.3 is 5.97 Å². The fraction of sp³-hybridized carbons (Fsp3) is 0.895. The maximum Gasteiger partial charge on any atom is 0.303 e. The van der Waals surface area contributed by atoms with Gasteiger partial charge in [-0.3, -0.25) is 14.5 Å². The van der Waals surface area contributed by atoms with E-state index in [9.17, 15) is 9.59 Å². The predicted molar refractivity (Wildman–Crippen MR) is 116 cm³/mol. The fourth-order valence-electron chi connectivity index (χ4n) is 3.96. The van der Waals surface area contributed by atoms with Gasteiger partial charge in [-0.25, -0.2) is 0 Å². The minimum absolute atomic E-state index is 0.0148. The highest BCUT2D eigenvalue weighted by atomic mass is 16.4. The first-order chi connectivity index (χ1) is 14.4. The summed E-state index contributed by atoms with van der Waals surface area (Å²) in [6.45, 7) is 8.34. The maximum atomic E-state index is 12.5. The number of fused-ring (bicyclic) bond motifs is 13. The molecule has 0 radical (unpaired) electrons. The number of nitrogens with two attached hydrogens (primary N) is 2. The molecule has 0 aromatic rings. The lowest BCUT2D eigenvalue weighted by Gasteiger charge is -2.40.